The number of aliphatic hydroxyl groups excluding tert-OH is 1. The van der Waals surface area contributed by atoms with E-state index in [1.165, 1.54) is 0 Å². The average molecular weight is 305 g/mol. The van der Waals surface area contributed by atoms with Crippen molar-refractivity contribution in [2.24, 2.45) is 0 Å². The third-order valence-electron chi connectivity index (χ3n) is 4.67. The summed E-state index contributed by atoms with van der Waals surface area (Å²) in [5.74, 6) is 1.33. The van der Waals surface area contributed by atoms with E-state index in [9.17, 15) is 9.90 Å². The van der Waals surface area contributed by atoms with Crippen LogP contribution in [0.1, 0.15) is 41.1 Å². The molecule has 1 aromatic carbocycles. The SMILES string of the molecule is COc1ccc(C(=O)N2C[C@H](OC)C[C@H]2CO)cc1C1CC1. The molecule has 1 aromatic rings. The molecule has 1 amide bonds. The van der Waals surface area contributed by atoms with E-state index in [-0.39, 0.29) is 24.7 Å². The van der Waals surface area contributed by atoms with Crippen LogP contribution in [0.25, 0.3) is 0 Å². The molecule has 2 atom stereocenters. The van der Waals surface area contributed by atoms with Crippen molar-refractivity contribution in [3.8, 4) is 5.75 Å². The third-order valence-corrected chi connectivity index (χ3v) is 4.67. The number of nitrogens with zero attached hydrogens (tertiary/aromatic N) is 1. The summed E-state index contributed by atoms with van der Waals surface area (Å²) in [6.45, 7) is 0.503. The smallest absolute Gasteiger partial charge is 0.254 e. The minimum Gasteiger partial charge on any atom is -0.496 e. The van der Waals surface area contributed by atoms with E-state index < -0.39 is 0 Å². The second kappa shape index (κ2) is 6.26. The Hall–Kier alpha value is -1.59. The maximum atomic E-state index is 12.8. The van der Waals surface area contributed by atoms with Crippen molar-refractivity contribution in [2.45, 2.75) is 37.3 Å². The van der Waals surface area contributed by atoms with Crippen LogP contribution in [0.2, 0.25) is 0 Å². The summed E-state index contributed by atoms with van der Waals surface area (Å²) >= 11 is 0. The molecule has 1 heterocycles. The van der Waals surface area contributed by atoms with Gasteiger partial charge < -0.3 is 19.5 Å². The number of amides is 1. The number of methoxy groups -OCH3 is 2. The zero-order valence-electron chi connectivity index (χ0n) is 13.1. The molecule has 1 saturated heterocycles. The summed E-state index contributed by atoms with van der Waals surface area (Å²) in [6.07, 6.45) is 3.00. The molecule has 1 saturated carbocycles. The van der Waals surface area contributed by atoms with Crippen LogP contribution in [0, 0.1) is 0 Å². The maximum Gasteiger partial charge on any atom is 0.254 e. The maximum absolute atomic E-state index is 12.8. The molecule has 2 fully saturated rings. The van der Waals surface area contributed by atoms with Gasteiger partial charge in [0.15, 0.2) is 0 Å². The second-order valence-electron chi connectivity index (χ2n) is 6.12. The van der Waals surface area contributed by atoms with Gasteiger partial charge in [-0.05, 0) is 48.9 Å². The molecule has 1 N–H and O–H groups in total. The molecule has 22 heavy (non-hydrogen) atoms. The van der Waals surface area contributed by atoms with Gasteiger partial charge in [-0.3, -0.25) is 4.79 Å². The van der Waals surface area contributed by atoms with Crippen molar-refractivity contribution < 1.29 is 19.4 Å². The fraction of sp³-hybridized carbons (Fsp3) is 0.588. The fourth-order valence-electron chi connectivity index (χ4n) is 3.21. The highest BCUT2D eigenvalue weighted by molar-refractivity contribution is 5.95. The Labute approximate surface area is 130 Å². The zero-order chi connectivity index (χ0) is 15.7. The molecule has 0 spiro atoms. The number of rotatable bonds is 5. The van der Waals surface area contributed by atoms with Gasteiger partial charge in [0.2, 0.25) is 0 Å². The first-order valence-electron chi connectivity index (χ1n) is 7.80. The van der Waals surface area contributed by atoms with Crippen LogP contribution < -0.4 is 4.74 Å². The molecule has 1 aliphatic carbocycles. The standard InChI is InChI=1S/C17H23NO4/c1-21-14-8-13(10-19)18(9-14)17(20)12-5-6-16(22-2)15(7-12)11-3-4-11/h5-7,11,13-14,19H,3-4,8-10H2,1-2H3/t13-,14+/m0/s1. The van der Waals surface area contributed by atoms with Gasteiger partial charge in [0.25, 0.3) is 5.91 Å². The number of benzene rings is 1. The van der Waals surface area contributed by atoms with Crippen molar-refractivity contribution in [1.82, 2.24) is 4.90 Å². The van der Waals surface area contributed by atoms with E-state index in [0.29, 0.717) is 24.4 Å². The molecular weight excluding hydrogens is 282 g/mol. The number of hydrogen-bond acceptors (Lipinski definition) is 4. The molecule has 2 aliphatic rings. The lowest BCUT2D eigenvalue weighted by Gasteiger charge is -2.23. The van der Waals surface area contributed by atoms with Crippen LogP contribution in [0.15, 0.2) is 18.2 Å². The molecule has 0 aromatic heterocycles. The zero-order valence-corrected chi connectivity index (χ0v) is 13.1. The van der Waals surface area contributed by atoms with Crippen LogP contribution in [0.5, 0.6) is 5.75 Å². The van der Waals surface area contributed by atoms with Gasteiger partial charge in [-0.1, -0.05) is 0 Å². The monoisotopic (exact) mass is 305 g/mol. The number of ether oxygens (including phenoxy) is 2. The number of carbonyl (C=O) groups is 1. The summed E-state index contributed by atoms with van der Waals surface area (Å²) in [4.78, 5) is 14.5. The first kappa shape index (κ1) is 15.3. The molecular formula is C17H23NO4. The predicted molar refractivity (Wildman–Crippen MR) is 82.3 cm³/mol. The summed E-state index contributed by atoms with van der Waals surface area (Å²) in [5, 5.41) is 9.51. The van der Waals surface area contributed by atoms with Crippen molar-refractivity contribution in [3.05, 3.63) is 29.3 Å². The molecule has 3 rings (SSSR count). The first-order chi connectivity index (χ1) is 10.7. The quantitative estimate of drug-likeness (QED) is 0.901. The first-order valence-corrected chi connectivity index (χ1v) is 7.80. The van der Waals surface area contributed by atoms with Crippen LogP contribution in [0.4, 0.5) is 0 Å². The van der Waals surface area contributed by atoms with Crippen LogP contribution >= 0.6 is 0 Å². The van der Waals surface area contributed by atoms with E-state index in [1.807, 2.05) is 18.2 Å². The average Bonchev–Trinajstić information content (AvgIpc) is 3.32. The number of likely N-dealkylation sites (tertiary alicyclic amines) is 1. The van der Waals surface area contributed by atoms with Gasteiger partial charge >= 0.3 is 0 Å². The molecule has 120 valence electrons. The van der Waals surface area contributed by atoms with Crippen LogP contribution in [0.3, 0.4) is 0 Å². The van der Waals surface area contributed by atoms with Crippen molar-refractivity contribution in [1.29, 1.82) is 0 Å². The number of aliphatic hydroxyl groups is 1. The summed E-state index contributed by atoms with van der Waals surface area (Å²) in [7, 11) is 3.31. The van der Waals surface area contributed by atoms with Crippen molar-refractivity contribution >= 4 is 5.91 Å². The van der Waals surface area contributed by atoms with Crippen LogP contribution in [-0.4, -0.2) is 55.4 Å². The van der Waals surface area contributed by atoms with Gasteiger partial charge in [-0.2, -0.15) is 0 Å². The summed E-state index contributed by atoms with van der Waals surface area (Å²) in [5.41, 5.74) is 1.79. The Morgan fingerprint density at radius 2 is 2.14 bits per heavy atom. The van der Waals surface area contributed by atoms with Gasteiger partial charge in [0.1, 0.15) is 5.75 Å². The van der Waals surface area contributed by atoms with Gasteiger partial charge in [-0.25, -0.2) is 0 Å². The van der Waals surface area contributed by atoms with Gasteiger partial charge in [-0.15, -0.1) is 0 Å². The third kappa shape index (κ3) is 2.83. The minimum absolute atomic E-state index is 0.00208. The normalized spacial score (nSPS) is 24.6. The molecule has 0 radical (unpaired) electrons. The predicted octanol–water partition coefficient (Wildman–Crippen LogP) is 1.79. The lowest BCUT2D eigenvalue weighted by molar-refractivity contribution is 0.0647. The van der Waals surface area contributed by atoms with E-state index >= 15 is 0 Å². The second-order valence-corrected chi connectivity index (χ2v) is 6.12. The molecule has 1 aliphatic heterocycles. The highest BCUT2D eigenvalue weighted by Gasteiger charge is 2.36. The van der Waals surface area contributed by atoms with E-state index in [4.69, 9.17) is 9.47 Å². The Morgan fingerprint density at radius 3 is 2.73 bits per heavy atom. The van der Waals surface area contributed by atoms with E-state index in [2.05, 4.69) is 0 Å². The number of carbonyl (C=O) groups excluding carboxylic acids is 1. The van der Waals surface area contributed by atoms with Crippen molar-refractivity contribution in [3.63, 3.8) is 0 Å². The highest BCUT2D eigenvalue weighted by atomic mass is 16.5. The van der Waals surface area contributed by atoms with Gasteiger partial charge in [0, 0.05) is 19.2 Å². The summed E-state index contributed by atoms with van der Waals surface area (Å²) in [6, 6.07) is 5.47. The number of hydrogen-bond donors (Lipinski definition) is 1. The topological polar surface area (TPSA) is 59.0 Å². The van der Waals surface area contributed by atoms with Crippen LogP contribution in [-0.2, 0) is 4.74 Å². The van der Waals surface area contributed by atoms with E-state index in [1.54, 1.807) is 19.1 Å². The molecule has 0 unspecified atom stereocenters. The lowest BCUT2D eigenvalue weighted by Crippen LogP contribution is -2.38. The largest absolute Gasteiger partial charge is 0.496 e. The fourth-order valence-corrected chi connectivity index (χ4v) is 3.21. The Bertz CT molecular complexity index is 556. The van der Waals surface area contributed by atoms with Crippen molar-refractivity contribution in [2.75, 3.05) is 27.4 Å². The molecule has 5 heteroatoms. The molecule has 0 bridgehead atoms. The highest BCUT2D eigenvalue weighted by Crippen LogP contribution is 2.44. The Kier molecular flexibility index (Phi) is 4.36. The lowest BCUT2D eigenvalue weighted by atomic mass is 10.0. The Balaban J connectivity index is 1.84. The Morgan fingerprint density at radius 1 is 1.36 bits per heavy atom. The summed E-state index contributed by atoms with van der Waals surface area (Å²) < 4.78 is 10.7. The van der Waals surface area contributed by atoms with E-state index in [0.717, 1.165) is 24.2 Å². The molecule has 5 nitrogen and oxygen atoms in total. The van der Waals surface area contributed by atoms with Gasteiger partial charge in [0.05, 0.1) is 25.9 Å². The minimum atomic E-state index is -0.163.